The zero-order valence-corrected chi connectivity index (χ0v) is 14.4. The van der Waals surface area contributed by atoms with E-state index in [2.05, 4.69) is 32.5 Å². The number of hydrogen-bond donors (Lipinski definition) is 0. The normalized spacial score (nSPS) is 15.3. The first kappa shape index (κ1) is 15.2. The quantitative estimate of drug-likeness (QED) is 0.824. The van der Waals surface area contributed by atoms with E-state index in [0.717, 1.165) is 10.9 Å². The zero-order valence-electron chi connectivity index (χ0n) is 12.0. The minimum atomic E-state index is -3.55. The van der Waals surface area contributed by atoms with Crippen molar-refractivity contribution in [3.8, 4) is 0 Å². The summed E-state index contributed by atoms with van der Waals surface area (Å²) in [7, 11) is -1.68. The molecule has 114 valence electrons. The van der Waals surface area contributed by atoms with E-state index in [1.807, 2.05) is 30.1 Å². The van der Waals surface area contributed by atoms with Gasteiger partial charge in [-0.05, 0) is 36.2 Å². The Morgan fingerprint density at radius 1 is 1.09 bits per heavy atom. The van der Waals surface area contributed by atoms with Gasteiger partial charge in [0.25, 0.3) is 10.0 Å². The van der Waals surface area contributed by atoms with Crippen molar-refractivity contribution >= 4 is 31.8 Å². The highest BCUT2D eigenvalue weighted by Crippen LogP contribution is 2.27. The smallest absolute Gasteiger partial charge is 0.285 e. The van der Waals surface area contributed by atoms with Crippen LogP contribution in [-0.2, 0) is 16.4 Å². The molecule has 0 bridgehead atoms. The zero-order chi connectivity index (χ0) is 15.7. The van der Waals surface area contributed by atoms with Gasteiger partial charge in [0.05, 0.1) is 0 Å². The van der Waals surface area contributed by atoms with Crippen molar-refractivity contribution in [2.45, 2.75) is 11.3 Å². The molecule has 1 heterocycles. The summed E-state index contributed by atoms with van der Waals surface area (Å²) in [5.74, 6) is 0.521. The molecule has 0 spiro atoms. The van der Waals surface area contributed by atoms with E-state index in [1.54, 1.807) is 18.2 Å². The van der Waals surface area contributed by atoms with Crippen LogP contribution < -0.4 is 0 Å². The average Bonchev–Trinajstić information content (AvgIpc) is 2.79. The summed E-state index contributed by atoms with van der Waals surface area (Å²) < 4.78 is 29.1. The molecule has 0 N–H and O–H groups in total. The highest BCUT2D eigenvalue weighted by atomic mass is 79.9. The molecular weight excluding hydrogens is 364 g/mol. The number of hydrogen-bond acceptors (Lipinski definition) is 3. The molecule has 2 aromatic carbocycles. The predicted molar refractivity (Wildman–Crippen MR) is 90.6 cm³/mol. The Morgan fingerprint density at radius 3 is 2.50 bits per heavy atom. The molecule has 0 radical (unpaired) electrons. The molecule has 1 aliphatic rings. The number of rotatable bonds is 3. The fraction of sp³-hybridized carbons (Fsp3) is 0.188. The lowest BCUT2D eigenvalue weighted by atomic mass is 10.1. The van der Waals surface area contributed by atoms with Crippen molar-refractivity contribution in [1.29, 1.82) is 0 Å². The lowest BCUT2D eigenvalue weighted by molar-refractivity contribution is 0.510. The number of fused-ring (bicyclic) bond motifs is 1. The monoisotopic (exact) mass is 378 g/mol. The molecule has 22 heavy (non-hydrogen) atoms. The second kappa shape index (κ2) is 5.85. The Labute approximate surface area is 138 Å². The molecule has 0 aliphatic carbocycles. The van der Waals surface area contributed by atoms with E-state index >= 15 is 0 Å². The van der Waals surface area contributed by atoms with Crippen LogP contribution in [0.5, 0.6) is 0 Å². The van der Waals surface area contributed by atoms with Gasteiger partial charge in [-0.15, -0.1) is 4.40 Å². The maximum Gasteiger partial charge on any atom is 0.285 e. The van der Waals surface area contributed by atoms with Crippen LogP contribution in [0.1, 0.15) is 11.1 Å². The fourth-order valence-electron chi connectivity index (χ4n) is 2.42. The third kappa shape index (κ3) is 2.94. The standard InChI is InChI=1S/C16H15BrN2O2S/c1-19(11-10-12-6-8-13(17)9-7-12)16-14-4-2-3-5-15(14)22(20,21)18-16/h2-9H,10-11H2,1H3. The second-order valence-electron chi connectivity index (χ2n) is 5.18. The highest BCUT2D eigenvalue weighted by Gasteiger charge is 2.30. The molecule has 0 amide bonds. The van der Waals surface area contributed by atoms with E-state index < -0.39 is 10.0 Å². The van der Waals surface area contributed by atoms with Crippen molar-refractivity contribution in [1.82, 2.24) is 4.90 Å². The van der Waals surface area contributed by atoms with E-state index in [-0.39, 0.29) is 0 Å². The number of halogens is 1. The van der Waals surface area contributed by atoms with E-state index in [1.165, 1.54) is 5.56 Å². The molecule has 0 saturated heterocycles. The third-order valence-electron chi connectivity index (χ3n) is 3.62. The second-order valence-corrected chi connectivity index (χ2v) is 7.67. The van der Waals surface area contributed by atoms with Crippen molar-refractivity contribution in [3.05, 3.63) is 64.1 Å². The van der Waals surface area contributed by atoms with E-state index in [4.69, 9.17) is 0 Å². The molecule has 0 fully saturated rings. The summed E-state index contributed by atoms with van der Waals surface area (Å²) in [5.41, 5.74) is 1.88. The Kier molecular flexibility index (Phi) is 4.06. The maximum absolute atomic E-state index is 12.1. The van der Waals surface area contributed by atoms with Gasteiger partial charge in [-0.3, -0.25) is 0 Å². The number of amidine groups is 1. The molecule has 6 heteroatoms. The van der Waals surface area contributed by atoms with Crippen molar-refractivity contribution < 1.29 is 8.42 Å². The first-order valence-corrected chi connectivity index (χ1v) is 9.11. The van der Waals surface area contributed by atoms with Crippen LogP contribution in [0.25, 0.3) is 0 Å². The average molecular weight is 379 g/mol. The molecule has 4 nitrogen and oxygen atoms in total. The number of nitrogens with zero attached hydrogens (tertiary/aromatic N) is 2. The fourth-order valence-corrected chi connectivity index (χ4v) is 3.93. The maximum atomic E-state index is 12.1. The van der Waals surface area contributed by atoms with Gasteiger partial charge >= 0.3 is 0 Å². The Balaban J connectivity index is 1.79. The summed E-state index contributed by atoms with van der Waals surface area (Å²) in [5, 5.41) is 0. The molecule has 3 rings (SSSR count). The van der Waals surface area contributed by atoms with Gasteiger partial charge < -0.3 is 4.90 Å². The van der Waals surface area contributed by atoms with Crippen LogP contribution in [0.15, 0.2) is 62.3 Å². The van der Waals surface area contributed by atoms with Crippen LogP contribution >= 0.6 is 15.9 Å². The third-order valence-corrected chi connectivity index (χ3v) is 5.48. The van der Waals surface area contributed by atoms with Gasteiger partial charge in [0.1, 0.15) is 4.90 Å². The number of benzene rings is 2. The van der Waals surface area contributed by atoms with Gasteiger partial charge in [0.2, 0.25) is 0 Å². The lowest BCUT2D eigenvalue weighted by Gasteiger charge is -2.19. The summed E-state index contributed by atoms with van der Waals surface area (Å²) in [6.07, 6.45) is 0.824. The minimum absolute atomic E-state index is 0.292. The summed E-state index contributed by atoms with van der Waals surface area (Å²) in [4.78, 5) is 2.19. The van der Waals surface area contributed by atoms with E-state index in [0.29, 0.717) is 22.8 Å². The van der Waals surface area contributed by atoms with Crippen LogP contribution in [0, 0.1) is 0 Å². The largest absolute Gasteiger partial charge is 0.358 e. The van der Waals surface area contributed by atoms with Gasteiger partial charge in [-0.25, -0.2) is 0 Å². The topological polar surface area (TPSA) is 49.7 Å². The number of likely N-dealkylation sites (N-methyl/N-ethyl adjacent to an activating group) is 1. The molecule has 0 saturated carbocycles. The van der Waals surface area contributed by atoms with Crippen molar-refractivity contribution in [2.75, 3.05) is 13.6 Å². The van der Waals surface area contributed by atoms with Gasteiger partial charge in [0.15, 0.2) is 5.84 Å². The Hall–Kier alpha value is -1.66. The summed E-state index contributed by atoms with van der Waals surface area (Å²) >= 11 is 3.41. The van der Waals surface area contributed by atoms with Crippen LogP contribution in [0.2, 0.25) is 0 Å². The van der Waals surface area contributed by atoms with Gasteiger partial charge in [0, 0.05) is 23.6 Å². The van der Waals surface area contributed by atoms with Crippen LogP contribution in [0.4, 0.5) is 0 Å². The SMILES string of the molecule is CN(CCc1ccc(Br)cc1)C1=NS(=O)(=O)c2ccccc21. The molecule has 0 unspecified atom stereocenters. The van der Waals surface area contributed by atoms with E-state index in [9.17, 15) is 8.42 Å². The predicted octanol–water partition coefficient (Wildman–Crippen LogP) is 3.07. The highest BCUT2D eigenvalue weighted by molar-refractivity contribution is 9.10. The van der Waals surface area contributed by atoms with Gasteiger partial charge in [-0.2, -0.15) is 8.42 Å². The first-order valence-electron chi connectivity index (χ1n) is 6.87. The number of sulfonamides is 1. The molecule has 0 aromatic heterocycles. The Morgan fingerprint density at radius 2 is 1.77 bits per heavy atom. The van der Waals surface area contributed by atoms with Crippen LogP contribution in [0.3, 0.4) is 0 Å². The summed E-state index contributed by atoms with van der Waals surface area (Å²) in [6.45, 7) is 0.699. The first-order chi connectivity index (χ1) is 10.5. The van der Waals surface area contributed by atoms with Crippen molar-refractivity contribution in [2.24, 2.45) is 4.40 Å². The minimum Gasteiger partial charge on any atom is -0.358 e. The van der Waals surface area contributed by atoms with Crippen LogP contribution in [-0.4, -0.2) is 32.7 Å². The molecular formula is C16H15BrN2O2S. The molecule has 1 aliphatic heterocycles. The van der Waals surface area contributed by atoms with Crippen molar-refractivity contribution in [3.63, 3.8) is 0 Å². The van der Waals surface area contributed by atoms with Gasteiger partial charge in [-0.1, -0.05) is 40.2 Å². The molecule has 2 aromatic rings. The Bertz CT molecular complexity index is 829. The summed E-state index contributed by atoms with van der Waals surface area (Å²) in [6, 6.07) is 15.1. The molecule has 0 atom stereocenters. The lowest BCUT2D eigenvalue weighted by Crippen LogP contribution is -2.28.